The molecule has 7 heteroatoms. The number of carbonyl (C=O) groups excluding carboxylic acids is 1. The van der Waals surface area contributed by atoms with Crippen molar-refractivity contribution in [3.8, 4) is 5.75 Å². The van der Waals surface area contributed by atoms with Crippen LogP contribution in [-0.4, -0.2) is 22.7 Å². The lowest BCUT2D eigenvalue weighted by Crippen LogP contribution is -2.45. The number of Topliss-reactive ketones (excluding diaryl/α,β-unsaturated/α-hetero) is 1. The standard InChI is InChI=1S/C23H15BrCl2N2O2/c24-15-5-1-14(2-6-15)22(29)23-28-20(18-11-17(26)9-10-21(18)30-23)12-19(27-28)13-3-7-16(25)8-4-13/h1-11,20,23H,12H2/t20-,23-/m1/s1. The minimum absolute atomic E-state index is 0.137. The Morgan fingerprint density at radius 2 is 1.70 bits per heavy atom. The molecule has 0 saturated heterocycles. The highest BCUT2D eigenvalue weighted by Crippen LogP contribution is 2.44. The molecule has 0 fully saturated rings. The summed E-state index contributed by atoms with van der Waals surface area (Å²) in [5.74, 6) is 0.512. The van der Waals surface area contributed by atoms with Crippen LogP contribution in [0.2, 0.25) is 10.0 Å². The Bertz CT molecular complexity index is 1160. The Balaban J connectivity index is 1.57. The molecule has 0 N–H and O–H groups in total. The van der Waals surface area contributed by atoms with E-state index < -0.39 is 6.23 Å². The van der Waals surface area contributed by atoms with E-state index in [-0.39, 0.29) is 11.8 Å². The third-order valence-electron chi connectivity index (χ3n) is 5.28. The van der Waals surface area contributed by atoms with Crippen molar-refractivity contribution in [2.75, 3.05) is 0 Å². The fourth-order valence-electron chi connectivity index (χ4n) is 3.80. The summed E-state index contributed by atoms with van der Waals surface area (Å²) in [7, 11) is 0. The van der Waals surface area contributed by atoms with Crippen LogP contribution in [0.1, 0.15) is 33.9 Å². The second kappa shape index (κ2) is 7.73. The molecule has 3 aromatic rings. The Morgan fingerprint density at radius 3 is 2.43 bits per heavy atom. The normalized spacial score (nSPS) is 19.6. The van der Waals surface area contributed by atoms with E-state index >= 15 is 0 Å². The van der Waals surface area contributed by atoms with E-state index in [2.05, 4.69) is 15.9 Å². The van der Waals surface area contributed by atoms with Crippen molar-refractivity contribution in [2.45, 2.75) is 18.7 Å². The molecule has 2 atom stereocenters. The van der Waals surface area contributed by atoms with Crippen LogP contribution in [0.5, 0.6) is 5.75 Å². The number of hydrogen-bond donors (Lipinski definition) is 0. The molecule has 0 bridgehead atoms. The summed E-state index contributed by atoms with van der Waals surface area (Å²) in [4.78, 5) is 13.3. The first-order valence-electron chi connectivity index (χ1n) is 9.37. The van der Waals surface area contributed by atoms with Crippen LogP contribution in [0.15, 0.2) is 76.3 Å². The quantitative estimate of drug-likeness (QED) is 0.384. The van der Waals surface area contributed by atoms with E-state index in [0.717, 1.165) is 21.3 Å². The Labute approximate surface area is 192 Å². The molecule has 150 valence electrons. The highest BCUT2D eigenvalue weighted by molar-refractivity contribution is 9.10. The van der Waals surface area contributed by atoms with Crippen molar-refractivity contribution >= 4 is 50.6 Å². The first-order valence-corrected chi connectivity index (χ1v) is 10.9. The van der Waals surface area contributed by atoms with Gasteiger partial charge in [-0.25, -0.2) is 5.01 Å². The zero-order chi connectivity index (χ0) is 20.8. The molecule has 0 spiro atoms. The van der Waals surface area contributed by atoms with Crippen molar-refractivity contribution in [3.05, 3.63) is 97.9 Å². The molecule has 2 aliphatic rings. The molecule has 30 heavy (non-hydrogen) atoms. The van der Waals surface area contributed by atoms with Crippen molar-refractivity contribution in [1.82, 2.24) is 5.01 Å². The van der Waals surface area contributed by atoms with Gasteiger partial charge in [-0.2, -0.15) is 5.10 Å². The fourth-order valence-corrected chi connectivity index (χ4v) is 4.38. The second-order valence-corrected chi connectivity index (χ2v) is 8.97. The molecule has 0 saturated carbocycles. The van der Waals surface area contributed by atoms with Gasteiger partial charge < -0.3 is 4.74 Å². The van der Waals surface area contributed by atoms with Crippen LogP contribution in [0.3, 0.4) is 0 Å². The van der Waals surface area contributed by atoms with Gasteiger partial charge in [0.25, 0.3) is 6.23 Å². The van der Waals surface area contributed by atoms with Crippen LogP contribution in [0.4, 0.5) is 0 Å². The Kier molecular flexibility index (Phi) is 5.05. The van der Waals surface area contributed by atoms with Crippen LogP contribution in [0.25, 0.3) is 0 Å². The number of carbonyl (C=O) groups is 1. The van der Waals surface area contributed by atoms with Crippen LogP contribution in [0, 0.1) is 0 Å². The lowest BCUT2D eigenvalue weighted by Gasteiger charge is -2.37. The molecular weight excluding hydrogens is 487 g/mol. The molecule has 4 nitrogen and oxygen atoms in total. The van der Waals surface area contributed by atoms with Gasteiger partial charge in [0.15, 0.2) is 0 Å². The predicted molar refractivity (Wildman–Crippen MR) is 122 cm³/mol. The first-order chi connectivity index (χ1) is 14.5. The Morgan fingerprint density at radius 1 is 1.00 bits per heavy atom. The van der Waals surface area contributed by atoms with E-state index in [4.69, 9.17) is 33.0 Å². The van der Waals surface area contributed by atoms with Crippen LogP contribution >= 0.6 is 39.1 Å². The van der Waals surface area contributed by atoms with Crippen LogP contribution in [-0.2, 0) is 0 Å². The highest BCUT2D eigenvalue weighted by atomic mass is 79.9. The number of ether oxygens (including phenoxy) is 1. The smallest absolute Gasteiger partial charge is 0.251 e. The van der Waals surface area contributed by atoms with Gasteiger partial charge in [-0.05, 0) is 48.0 Å². The van der Waals surface area contributed by atoms with E-state index in [1.54, 1.807) is 23.2 Å². The summed E-state index contributed by atoms with van der Waals surface area (Å²) in [6.45, 7) is 0. The van der Waals surface area contributed by atoms with Crippen molar-refractivity contribution in [1.29, 1.82) is 0 Å². The zero-order valence-electron chi connectivity index (χ0n) is 15.6. The van der Waals surface area contributed by atoms with Gasteiger partial charge in [0, 0.05) is 32.1 Å². The van der Waals surface area contributed by atoms with Gasteiger partial charge in [-0.3, -0.25) is 4.79 Å². The topological polar surface area (TPSA) is 41.9 Å². The molecule has 3 aromatic carbocycles. The summed E-state index contributed by atoms with van der Waals surface area (Å²) in [6.07, 6.45) is -0.211. The van der Waals surface area contributed by atoms with Gasteiger partial charge in [0.2, 0.25) is 5.78 Å². The summed E-state index contributed by atoms with van der Waals surface area (Å²) >= 11 is 15.7. The number of ketones is 1. The lowest BCUT2D eigenvalue weighted by atomic mass is 9.96. The summed E-state index contributed by atoms with van der Waals surface area (Å²) in [5.41, 5.74) is 3.33. The maximum absolute atomic E-state index is 13.3. The maximum Gasteiger partial charge on any atom is 0.251 e. The van der Waals surface area contributed by atoms with Gasteiger partial charge >= 0.3 is 0 Å². The molecule has 0 amide bonds. The van der Waals surface area contributed by atoms with Gasteiger partial charge in [0.1, 0.15) is 5.75 Å². The monoisotopic (exact) mass is 500 g/mol. The van der Waals surface area contributed by atoms with Gasteiger partial charge in [-0.1, -0.05) is 63.4 Å². The average molecular weight is 502 g/mol. The van der Waals surface area contributed by atoms with Crippen molar-refractivity contribution in [2.24, 2.45) is 5.10 Å². The van der Waals surface area contributed by atoms with E-state index in [1.807, 2.05) is 48.5 Å². The molecule has 0 aromatic heterocycles. The molecular formula is C23H15BrCl2N2O2. The molecule has 0 aliphatic carbocycles. The fraction of sp³-hybridized carbons (Fsp3) is 0.130. The Hall–Kier alpha value is -2.34. The number of fused-ring (bicyclic) bond motifs is 3. The maximum atomic E-state index is 13.3. The summed E-state index contributed by atoms with van der Waals surface area (Å²) < 4.78 is 7.04. The SMILES string of the molecule is O=C(c1ccc(Br)cc1)[C@H]1Oc2ccc(Cl)cc2[C@H]2CC(c3ccc(Cl)cc3)=NN12. The van der Waals surface area contributed by atoms with Crippen molar-refractivity contribution < 1.29 is 9.53 Å². The lowest BCUT2D eigenvalue weighted by molar-refractivity contribution is -0.00455. The third-order valence-corrected chi connectivity index (χ3v) is 6.30. The minimum atomic E-state index is -0.852. The van der Waals surface area contributed by atoms with E-state index in [0.29, 0.717) is 27.8 Å². The highest BCUT2D eigenvalue weighted by Gasteiger charge is 2.43. The first kappa shape index (κ1) is 19.6. The number of halogens is 3. The minimum Gasteiger partial charge on any atom is -0.461 e. The predicted octanol–water partition coefficient (Wildman–Crippen LogP) is 6.51. The summed E-state index contributed by atoms with van der Waals surface area (Å²) in [6, 6.07) is 20.1. The number of hydrogen-bond acceptors (Lipinski definition) is 4. The van der Waals surface area contributed by atoms with E-state index in [9.17, 15) is 4.79 Å². The van der Waals surface area contributed by atoms with Crippen molar-refractivity contribution in [3.63, 3.8) is 0 Å². The number of hydrazone groups is 1. The molecule has 0 unspecified atom stereocenters. The number of rotatable bonds is 3. The number of benzene rings is 3. The van der Waals surface area contributed by atoms with Crippen LogP contribution < -0.4 is 4.74 Å². The average Bonchev–Trinajstić information content (AvgIpc) is 3.19. The van der Waals surface area contributed by atoms with Gasteiger partial charge in [-0.15, -0.1) is 0 Å². The zero-order valence-corrected chi connectivity index (χ0v) is 18.7. The second-order valence-electron chi connectivity index (χ2n) is 7.18. The third kappa shape index (κ3) is 3.51. The molecule has 0 radical (unpaired) electrons. The largest absolute Gasteiger partial charge is 0.461 e. The summed E-state index contributed by atoms with van der Waals surface area (Å²) in [5, 5.41) is 7.84. The molecule has 2 heterocycles. The molecule has 2 aliphatic heterocycles. The van der Waals surface area contributed by atoms with E-state index in [1.165, 1.54) is 0 Å². The molecule has 5 rings (SSSR count). The number of nitrogens with zero attached hydrogens (tertiary/aromatic N) is 2. The van der Waals surface area contributed by atoms with Gasteiger partial charge in [0.05, 0.1) is 11.8 Å².